The van der Waals surface area contributed by atoms with Crippen molar-refractivity contribution in [3.63, 3.8) is 0 Å². The first kappa shape index (κ1) is 11.0. The molecule has 0 aliphatic carbocycles. The number of rotatable bonds is 2. The van der Waals surface area contributed by atoms with Crippen LogP contribution in [0.1, 0.15) is 5.82 Å². The highest BCUT2D eigenvalue weighted by atomic mass is 79.9. The number of aryl methyl sites for hydroxylation is 1. The number of aromatic nitrogens is 2. The molecule has 0 atom stereocenters. The van der Waals surface area contributed by atoms with Gasteiger partial charge in [-0.15, -0.1) is 0 Å². The highest BCUT2D eigenvalue weighted by Crippen LogP contribution is 2.26. The van der Waals surface area contributed by atoms with Crippen LogP contribution in [0.4, 0.5) is 4.39 Å². The average molecular weight is 283 g/mol. The van der Waals surface area contributed by atoms with Crippen molar-refractivity contribution in [1.29, 1.82) is 0 Å². The van der Waals surface area contributed by atoms with E-state index in [4.69, 9.17) is 4.74 Å². The lowest BCUT2D eigenvalue weighted by molar-refractivity contribution is 0.425. The van der Waals surface area contributed by atoms with Crippen molar-refractivity contribution >= 4 is 15.9 Å². The average Bonchev–Trinajstić information content (AvgIpc) is 2.24. The van der Waals surface area contributed by atoms with Gasteiger partial charge in [-0.05, 0) is 25.1 Å². The maximum Gasteiger partial charge on any atom is 0.222 e. The predicted molar refractivity (Wildman–Crippen MR) is 60.9 cm³/mol. The van der Waals surface area contributed by atoms with Crippen LogP contribution < -0.4 is 4.74 Å². The van der Waals surface area contributed by atoms with Crippen molar-refractivity contribution < 1.29 is 9.13 Å². The summed E-state index contributed by atoms with van der Waals surface area (Å²) in [6.07, 6.45) is 1.56. The summed E-state index contributed by atoms with van der Waals surface area (Å²) >= 11 is 3.24. The molecule has 2 aromatic rings. The van der Waals surface area contributed by atoms with Gasteiger partial charge in [-0.25, -0.2) is 9.37 Å². The molecule has 0 N–H and O–H groups in total. The molecule has 3 nitrogen and oxygen atoms in total. The standard InChI is InChI=1S/C11H8BrFN2O/c1-7-14-5-4-11(15-7)16-10-6-8(12)2-3-9(10)13/h2-6H,1H3. The van der Waals surface area contributed by atoms with Gasteiger partial charge in [0.25, 0.3) is 0 Å². The fourth-order valence-corrected chi connectivity index (χ4v) is 1.50. The van der Waals surface area contributed by atoms with Crippen LogP contribution in [0.15, 0.2) is 34.9 Å². The van der Waals surface area contributed by atoms with Gasteiger partial charge in [0.2, 0.25) is 5.88 Å². The van der Waals surface area contributed by atoms with Crippen LogP contribution in [-0.4, -0.2) is 9.97 Å². The molecular weight excluding hydrogens is 275 g/mol. The van der Waals surface area contributed by atoms with Crippen molar-refractivity contribution in [3.05, 3.63) is 46.6 Å². The Morgan fingerprint density at radius 1 is 1.31 bits per heavy atom. The molecule has 0 saturated heterocycles. The van der Waals surface area contributed by atoms with Crippen molar-refractivity contribution in [1.82, 2.24) is 9.97 Å². The Bertz CT molecular complexity index is 519. The van der Waals surface area contributed by atoms with Crippen LogP contribution in [0.2, 0.25) is 0 Å². The van der Waals surface area contributed by atoms with E-state index in [1.807, 2.05) is 0 Å². The number of nitrogens with zero attached hydrogens (tertiary/aromatic N) is 2. The second-order valence-corrected chi connectivity index (χ2v) is 4.03. The Balaban J connectivity index is 2.30. The van der Waals surface area contributed by atoms with Crippen LogP contribution in [0.3, 0.4) is 0 Å². The Morgan fingerprint density at radius 2 is 2.12 bits per heavy atom. The van der Waals surface area contributed by atoms with E-state index in [9.17, 15) is 4.39 Å². The summed E-state index contributed by atoms with van der Waals surface area (Å²) in [6, 6.07) is 6.06. The van der Waals surface area contributed by atoms with Gasteiger partial charge in [0.15, 0.2) is 11.6 Å². The van der Waals surface area contributed by atoms with E-state index in [0.29, 0.717) is 11.7 Å². The highest BCUT2D eigenvalue weighted by Gasteiger charge is 2.06. The van der Waals surface area contributed by atoms with Crippen LogP contribution in [0.25, 0.3) is 0 Å². The van der Waals surface area contributed by atoms with Gasteiger partial charge in [0, 0.05) is 16.7 Å². The number of ether oxygens (including phenoxy) is 1. The third-order valence-electron chi connectivity index (χ3n) is 1.86. The van der Waals surface area contributed by atoms with Gasteiger partial charge >= 0.3 is 0 Å². The number of hydrogen-bond acceptors (Lipinski definition) is 3. The minimum Gasteiger partial charge on any atom is -0.436 e. The zero-order valence-electron chi connectivity index (χ0n) is 8.45. The molecule has 1 aromatic heterocycles. The molecule has 0 spiro atoms. The summed E-state index contributed by atoms with van der Waals surface area (Å²) in [6.45, 7) is 1.74. The Labute approximate surface area is 100 Å². The van der Waals surface area contributed by atoms with Gasteiger partial charge in [0.05, 0.1) is 0 Å². The molecule has 16 heavy (non-hydrogen) atoms. The molecule has 0 fully saturated rings. The first-order chi connectivity index (χ1) is 7.65. The molecule has 1 heterocycles. The van der Waals surface area contributed by atoms with E-state index >= 15 is 0 Å². The lowest BCUT2D eigenvalue weighted by Gasteiger charge is -2.06. The minimum absolute atomic E-state index is 0.132. The van der Waals surface area contributed by atoms with Crippen molar-refractivity contribution in [2.75, 3.05) is 0 Å². The van der Waals surface area contributed by atoms with E-state index in [2.05, 4.69) is 25.9 Å². The Hall–Kier alpha value is -1.49. The quantitative estimate of drug-likeness (QED) is 0.846. The van der Waals surface area contributed by atoms with Crippen molar-refractivity contribution in [3.8, 4) is 11.6 Å². The summed E-state index contributed by atoms with van der Waals surface area (Å²) in [5, 5.41) is 0. The first-order valence-corrected chi connectivity index (χ1v) is 5.37. The predicted octanol–water partition coefficient (Wildman–Crippen LogP) is 3.48. The molecular formula is C11H8BrFN2O. The molecule has 1 aromatic carbocycles. The normalized spacial score (nSPS) is 10.2. The van der Waals surface area contributed by atoms with Gasteiger partial charge in [-0.3, -0.25) is 0 Å². The minimum atomic E-state index is -0.431. The van der Waals surface area contributed by atoms with Crippen LogP contribution >= 0.6 is 15.9 Å². The second kappa shape index (κ2) is 4.57. The molecule has 0 amide bonds. The van der Waals surface area contributed by atoms with Crippen molar-refractivity contribution in [2.24, 2.45) is 0 Å². The zero-order valence-corrected chi connectivity index (χ0v) is 10.0. The SMILES string of the molecule is Cc1nccc(Oc2cc(Br)ccc2F)n1. The zero-order chi connectivity index (χ0) is 11.5. The number of hydrogen-bond donors (Lipinski definition) is 0. The molecule has 82 valence electrons. The molecule has 0 aliphatic heterocycles. The Morgan fingerprint density at radius 3 is 2.88 bits per heavy atom. The molecule has 0 radical (unpaired) electrons. The highest BCUT2D eigenvalue weighted by molar-refractivity contribution is 9.10. The first-order valence-electron chi connectivity index (χ1n) is 4.58. The third kappa shape index (κ3) is 2.55. The van der Waals surface area contributed by atoms with Gasteiger partial charge < -0.3 is 4.74 Å². The maximum atomic E-state index is 13.4. The third-order valence-corrected chi connectivity index (χ3v) is 2.35. The van der Waals surface area contributed by atoms with Crippen LogP contribution in [0, 0.1) is 12.7 Å². The van der Waals surface area contributed by atoms with Gasteiger partial charge in [-0.1, -0.05) is 15.9 Å². The fourth-order valence-electron chi connectivity index (χ4n) is 1.16. The molecule has 0 aliphatic rings. The molecule has 0 unspecified atom stereocenters. The van der Waals surface area contributed by atoms with Crippen LogP contribution in [-0.2, 0) is 0 Å². The summed E-state index contributed by atoms with van der Waals surface area (Å²) < 4.78 is 19.4. The van der Waals surface area contributed by atoms with Gasteiger partial charge in [0.1, 0.15) is 5.82 Å². The smallest absolute Gasteiger partial charge is 0.222 e. The van der Waals surface area contributed by atoms with Crippen molar-refractivity contribution in [2.45, 2.75) is 6.92 Å². The second-order valence-electron chi connectivity index (χ2n) is 3.12. The van der Waals surface area contributed by atoms with Gasteiger partial charge in [-0.2, -0.15) is 4.98 Å². The summed E-state index contributed by atoms with van der Waals surface area (Å²) in [5.74, 6) is 0.601. The van der Waals surface area contributed by atoms with E-state index in [1.165, 1.54) is 6.07 Å². The molecule has 2 rings (SSSR count). The van der Waals surface area contributed by atoms with E-state index < -0.39 is 5.82 Å². The maximum absolute atomic E-state index is 13.4. The fraction of sp³-hybridized carbons (Fsp3) is 0.0909. The largest absolute Gasteiger partial charge is 0.436 e. The summed E-state index contributed by atoms with van der Waals surface area (Å²) in [5.41, 5.74) is 0. The van der Waals surface area contributed by atoms with Crippen LogP contribution in [0.5, 0.6) is 11.6 Å². The van der Waals surface area contributed by atoms with E-state index in [0.717, 1.165) is 4.47 Å². The lowest BCUT2D eigenvalue weighted by atomic mass is 10.3. The molecule has 5 heteroatoms. The monoisotopic (exact) mass is 282 g/mol. The van der Waals surface area contributed by atoms with E-state index in [1.54, 1.807) is 31.3 Å². The molecule has 0 bridgehead atoms. The number of benzene rings is 1. The van der Waals surface area contributed by atoms with E-state index in [-0.39, 0.29) is 5.75 Å². The summed E-state index contributed by atoms with van der Waals surface area (Å²) in [4.78, 5) is 7.95. The lowest BCUT2D eigenvalue weighted by Crippen LogP contribution is -1.93. The molecule has 0 saturated carbocycles. The topological polar surface area (TPSA) is 35.0 Å². The Kier molecular flexibility index (Phi) is 3.14. The number of halogens is 2. The summed E-state index contributed by atoms with van der Waals surface area (Å²) in [7, 11) is 0.